The number of aliphatic hydroxyl groups is 1. The molecule has 0 aliphatic heterocycles. The maximum atomic E-state index is 12.1. The van der Waals surface area contributed by atoms with Crippen LogP contribution in [-0.4, -0.2) is 38.6 Å². The summed E-state index contributed by atoms with van der Waals surface area (Å²) in [5, 5.41) is 19.3. The van der Waals surface area contributed by atoms with Gasteiger partial charge in [0.1, 0.15) is 12.7 Å². The molecule has 2 amide bonds. The van der Waals surface area contributed by atoms with Crippen molar-refractivity contribution in [3.63, 3.8) is 0 Å². The molecule has 7 heteroatoms. The third-order valence-electron chi connectivity index (χ3n) is 4.53. The van der Waals surface area contributed by atoms with Gasteiger partial charge in [-0.1, -0.05) is 25.0 Å². The minimum atomic E-state index is -0.180. The van der Waals surface area contributed by atoms with Crippen molar-refractivity contribution in [3.05, 3.63) is 42.5 Å². The summed E-state index contributed by atoms with van der Waals surface area (Å²) in [5.41, 5.74) is 1.94. The third kappa shape index (κ3) is 4.11. The van der Waals surface area contributed by atoms with Gasteiger partial charge in [-0.3, -0.25) is 0 Å². The quantitative estimate of drug-likeness (QED) is 0.777. The number of nitrogens with zero attached hydrogens (tertiary/aromatic N) is 3. The molecule has 0 bridgehead atoms. The summed E-state index contributed by atoms with van der Waals surface area (Å²) in [5.74, 6) is 0.173. The number of hydrogen-bond acceptors (Lipinski definition) is 4. The number of nitrogens with one attached hydrogen (secondary N) is 2. The Morgan fingerprint density at radius 3 is 2.75 bits per heavy atom. The smallest absolute Gasteiger partial charge is 0.315 e. The number of aromatic nitrogens is 3. The first-order chi connectivity index (χ1) is 11.8. The molecule has 3 N–H and O–H groups in total. The van der Waals surface area contributed by atoms with Crippen molar-refractivity contribution in [3.8, 4) is 5.69 Å². The lowest BCUT2D eigenvalue weighted by atomic mass is 9.85. The summed E-state index contributed by atoms with van der Waals surface area (Å²) in [6.07, 6.45) is 7.28. The van der Waals surface area contributed by atoms with Crippen molar-refractivity contribution in [2.24, 2.45) is 5.92 Å². The number of urea groups is 1. The SMILES string of the molecule is O=C(NCc1ccc(-n2cncn2)cc1)NC1CCCCC1CO. The Kier molecular flexibility index (Phi) is 5.43. The van der Waals surface area contributed by atoms with Crippen molar-refractivity contribution < 1.29 is 9.90 Å². The van der Waals surface area contributed by atoms with Gasteiger partial charge >= 0.3 is 6.03 Å². The number of hydrogen-bond donors (Lipinski definition) is 3. The summed E-state index contributed by atoms with van der Waals surface area (Å²) < 4.78 is 1.68. The van der Waals surface area contributed by atoms with Crippen LogP contribution in [0.25, 0.3) is 5.69 Å². The molecule has 3 rings (SSSR count). The second-order valence-electron chi connectivity index (χ2n) is 6.17. The second-order valence-corrected chi connectivity index (χ2v) is 6.17. The minimum absolute atomic E-state index is 0.0680. The second kappa shape index (κ2) is 7.92. The first kappa shape index (κ1) is 16.4. The van der Waals surface area contributed by atoms with E-state index in [9.17, 15) is 9.90 Å². The number of aliphatic hydroxyl groups excluding tert-OH is 1. The molecule has 0 spiro atoms. The molecule has 7 nitrogen and oxygen atoms in total. The zero-order valence-corrected chi connectivity index (χ0v) is 13.6. The Labute approximate surface area is 141 Å². The van der Waals surface area contributed by atoms with E-state index in [0.717, 1.165) is 36.9 Å². The fourth-order valence-corrected chi connectivity index (χ4v) is 3.13. The summed E-state index contributed by atoms with van der Waals surface area (Å²) in [6.45, 7) is 0.592. The van der Waals surface area contributed by atoms with Gasteiger partial charge in [-0.15, -0.1) is 0 Å². The molecule has 2 atom stereocenters. The van der Waals surface area contributed by atoms with Gasteiger partial charge in [-0.05, 0) is 30.5 Å². The highest BCUT2D eigenvalue weighted by atomic mass is 16.3. The number of rotatable bonds is 5. The van der Waals surface area contributed by atoms with Crippen LogP contribution in [0.15, 0.2) is 36.9 Å². The zero-order chi connectivity index (χ0) is 16.8. The highest BCUT2D eigenvalue weighted by molar-refractivity contribution is 5.74. The van der Waals surface area contributed by atoms with E-state index in [4.69, 9.17) is 0 Å². The lowest BCUT2D eigenvalue weighted by Gasteiger charge is -2.30. The van der Waals surface area contributed by atoms with E-state index in [1.807, 2.05) is 24.3 Å². The predicted molar refractivity (Wildman–Crippen MR) is 89.6 cm³/mol. The van der Waals surface area contributed by atoms with E-state index < -0.39 is 0 Å². The van der Waals surface area contributed by atoms with E-state index >= 15 is 0 Å². The molecule has 1 heterocycles. The Hall–Kier alpha value is -2.41. The van der Waals surface area contributed by atoms with Gasteiger partial charge in [0.2, 0.25) is 0 Å². The molecule has 2 unspecified atom stereocenters. The van der Waals surface area contributed by atoms with E-state index in [1.54, 1.807) is 11.0 Å². The van der Waals surface area contributed by atoms with Crippen LogP contribution in [-0.2, 0) is 6.54 Å². The van der Waals surface area contributed by atoms with Crippen LogP contribution >= 0.6 is 0 Å². The summed E-state index contributed by atoms with van der Waals surface area (Å²) in [4.78, 5) is 16.0. The van der Waals surface area contributed by atoms with Crippen molar-refractivity contribution in [2.45, 2.75) is 38.3 Å². The number of benzene rings is 1. The molecule has 0 radical (unpaired) electrons. The number of carbonyl (C=O) groups excluding carboxylic acids is 1. The van der Waals surface area contributed by atoms with Crippen molar-refractivity contribution >= 4 is 6.03 Å². The van der Waals surface area contributed by atoms with Crippen LogP contribution in [0.5, 0.6) is 0 Å². The number of amides is 2. The highest BCUT2D eigenvalue weighted by Crippen LogP contribution is 2.23. The summed E-state index contributed by atoms with van der Waals surface area (Å²) >= 11 is 0. The maximum Gasteiger partial charge on any atom is 0.315 e. The van der Waals surface area contributed by atoms with Crippen molar-refractivity contribution in [2.75, 3.05) is 6.61 Å². The zero-order valence-electron chi connectivity index (χ0n) is 13.6. The first-order valence-electron chi connectivity index (χ1n) is 8.35. The fourth-order valence-electron chi connectivity index (χ4n) is 3.13. The summed E-state index contributed by atoms with van der Waals surface area (Å²) in [6, 6.07) is 7.67. The van der Waals surface area contributed by atoms with Gasteiger partial charge in [0.15, 0.2) is 0 Å². The van der Waals surface area contributed by atoms with Crippen LogP contribution < -0.4 is 10.6 Å². The normalized spacial score (nSPS) is 20.5. The van der Waals surface area contributed by atoms with E-state index in [0.29, 0.717) is 6.54 Å². The molecular weight excluding hydrogens is 306 g/mol. The van der Waals surface area contributed by atoms with Gasteiger partial charge in [0.05, 0.1) is 5.69 Å². The molecule has 1 saturated carbocycles. The Morgan fingerprint density at radius 1 is 1.25 bits per heavy atom. The molecule has 1 aromatic carbocycles. The Bertz CT molecular complexity index is 642. The monoisotopic (exact) mass is 329 g/mol. The maximum absolute atomic E-state index is 12.1. The molecule has 2 aromatic rings. The molecule has 128 valence electrons. The lowest BCUT2D eigenvalue weighted by molar-refractivity contribution is 0.153. The van der Waals surface area contributed by atoms with Gasteiger partial charge < -0.3 is 15.7 Å². The van der Waals surface area contributed by atoms with Crippen molar-refractivity contribution in [1.29, 1.82) is 0 Å². The van der Waals surface area contributed by atoms with Crippen LogP contribution in [0.3, 0.4) is 0 Å². The molecule has 1 aromatic heterocycles. The molecular formula is C17H23N5O2. The van der Waals surface area contributed by atoms with Crippen LogP contribution in [0.2, 0.25) is 0 Å². The first-order valence-corrected chi connectivity index (χ1v) is 8.35. The lowest BCUT2D eigenvalue weighted by Crippen LogP contribution is -2.47. The van der Waals surface area contributed by atoms with Crippen LogP contribution in [0.1, 0.15) is 31.2 Å². The topological polar surface area (TPSA) is 92.1 Å². The van der Waals surface area contributed by atoms with Crippen LogP contribution in [0.4, 0.5) is 4.79 Å². The van der Waals surface area contributed by atoms with Gasteiger partial charge in [-0.2, -0.15) is 5.10 Å². The van der Waals surface area contributed by atoms with Gasteiger partial charge in [0.25, 0.3) is 0 Å². The third-order valence-corrected chi connectivity index (χ3v) is 4.53. The molecule has 0 saturated heterocycles. The van der Waals surface area contributed by atoms with Gasteiger partial charge in [-0.25, -0.2) is 14.5 Å². The Morgan fingerprint density at radius 2 is 2.04 bits per heavy atom. The number of carbonyl (C=O) groups is 1. The van der Waals surface area contributed by atoms with E-state index in [2.05, 4.69) is 20.7 Å². The average Bonchev–Trinajstić information content (AvgIpc) is 3.15. The molecule has 1 aliphatic carbocycles. The van der Waals surface area contributed by atoms with E-state index in [1.165, 1.54) is 6.33 Å². The van der Waals surface area contributed by atoms with Crippen LogP contribution in [0, 0.1) is 5.92 Å². The predicted octanol–water partition coefficient (Wildman–Crippen LogP) is 1.62. The Balaban J connectivity index is 1.49. The molecule has 24 heavy (non-hydrogen) atoms. The fraction of sp³-hybridized carbons (Fsp3) is 0.471. The molecule has 1 aliphatic rings. The largest absolute Gasteiger partial charge is 0.396 e. The minimum Gasteiger partial charge on any atom is -0.396 e. The van der Waals surface area contributed by atoms with E-state index in [-0.39, 0.29) is 24.6 Å². The summed E-state index contributed by atoms with van der Waals surface area (Å²) in [7, 11) is 0. The van der Waals surface area contributed by atoms with Crippen molar-refractivity contribution in [1.82, 2.24) is 25.4 Å². The molecule has 1 fully saturated rings. The highest BCUT2D eigenvalue weighted by Gasteiger charge is 2.25. The average molecular weight is 329 g/mol. The van der Waals surface area contributed by atoms with Gasteiger partial charge in [0, 0.05) is 25.1 Å². The standard InChI is InChI=1S/C17H23N5O2/c23-10-14-3-1-2-4-16(14)21-17(24)19-9-13-5-7-15(8-6-13)22-12-18-11-20-22/h5-8,11-12,14,16,23H,1-4,9-10H2,(H2,19,21,24).